The molecule has 0 atom stereocenters. The minimum atomic E-state index is -0.481. The zero-order valence-corrected chi connectivity index (χ0v) is 16.4. The lowest BCUT2D eigenvalue weighted by Crippen LogP contribution is -2.13. The minimum absolute atomic E-state index is 0.0116. The summed E-state index contributed by atoms with van der Waals surface area (Å²) < 4.78 is 14.3. The second kappa shape index (κ2) is 9.12. The molecule has 3 aromatic rings. The van der Waals surface area contributed by atoms with E-state index in [-0.39, 0.29) is 11.4 Å². The smallest absolute Gasteiger partial charge is 0.266 e. The highest BCUT2D eigenvalue weighted by Gasteiger charge is 2.12. The molecule has 3 nitrogen and oxygen atoms in total. The minimum Gasteiger partial charge on any atom is -0.321 e. The van der Waals surface area contributed by atoms with E-state index in [1.165, 1.54) is 12.1 Å². The Hall–Kier alpha value is -3.23. The van der Waals surface area contributed by atoms with Gasteiger partial charge in [-0.25, -0.2) is 4.39 Å². The molecular formula is C23H16BrFN2O. The summed E-state index contributed by atoms with van der Waals surface area (Å²) in [5, 5.41) is 12.2. The van der Waals surface area contributed by atoms with Crippen LogP contribution in [0.5, 0.6) is 0 Å². The highest BCUT2D eigenvalue weighted by Crippen LogP contribution is 2.23. The summed E-state index contributed by atoms with van der Waals surface area (Å²) in [6, 6.07) is 22.9. The van der Waals surface area contributed by atoms with Crippen LogP contribution < -0.4 is 5.32 Å². The maximum atomic E-state index is 13.5. The van der Waals surface area contributed by atoms with Crippen LogP contribution in [-0.4, -0.2) is 5.91 Å². The van der Waals surface area contributed by atoms with Crippen LogP contribution in [0.1, 0.15) is 16.7 Å². The first-order valence-corrected chi connectivity index (χ1v) is 9.35. The van der Waals surface area contributed by atoms with Crippen LogP contribution in [0.15, 0.2) is 82.8 Å². The number of para-hydroxylation sites is 1. The second-order valence-electron chi connectivity index (χ2n) is 6.14. The van der Waals surface area contributed by atoms with Crippen molar-refractivity contribution in [2.75, 3.05) is 5.32 Å². The van der Waals surface area contributed by atoms with E-state index in [4.69, 9.17) is 0 Å². The van der Waals surface area contributed by atoms with Crippen LogP contribution in [0.25, 0.3) is 6.08 Å². The zero-order chi connectivity index (χ0) is 19.9. The third-order valence-corrected chi connectivity index (χ3v) is 4.58. The largest absolute Gasteiger partial charge is 0.321 e. The predicted octanol–water partition coefficient (Wildman–Crippen LogP) is 5.72. The summed E-state index contributed by atoms with van der Waals surface area (Å²) in [7, 11) is 0. The second-order valence-corrected chi connectivity index (χ2v) is 7.06. The van der Waals surface area contributed by atoms with Crippen LogP contribution in [-0.2, 0) is 11.2 Å². The van der Waals surface area contributed by atoms with E-state index in [0.29, 0.717) is 12.1 Å². The molecule has 28 heavy (non-hydrogen) atoms. The van der Waals surface area contributed by atoms with Gasteiger partial charge < -0.3 is 5.32 Å². The molecule has 1 amide bonds. The Labute approximate surface area is 171 Å². The van der Waals surface area contributed by atoms with Crippen LogP contribution in [0.4, 0.5) is 10.1 Å². The highest BCUT2D eigenvalue weighted by molar-refractivity contribution is 9.10. The SMILES string of the molecule is N#C/C(=C\c1cc(Br)ccc1Cc1cccc(F)c1)C(=O)Nc1ccccc1. The molecule has 5 heteroatoms. The van der Waals surface area contributed by atoms with Gasteiger partial charge in [0.1, 0.15) is 17.5 Å². The maximum absolute atomic E-state index is 13.5. The van der Waals surface area contributed by atoms with Crippen molar-refractivity contribution in [1.29, 1.82) is 5.26 Å². The van der Waals surface area contributed by atoms with Crippen molar-refractivity contribution in [2.24, 2.45) is 0 Å². The fourth-order valence-electron chi connectivity index (χ4n) is 2.75. The van der Waals surface area contributed by atoms with Crippen molar-refractivity contribution in [2.45, 2.75) is 6.42 Å². The van der Waals surface area contributed by atoms with Crippen molar-refractivity contribution >= 4 is 33.6 Å². The average molecular weight is 435 g/mol. The molecule has 3 aromatic carbocycles. The first-order valence-electron chi connectivity index (χ1n) is 8.56. The standard InChI is InChI=1S/C23H16BrFN2O/c24-20-10-9-17(11-16-5-4-6-21(25)12-16)18(14-20)13-19(15-26)23(28)27-22-7-2-1-3-8-22/h1-10,12-14H,11H2,(H,27,28)/b19-13+. The number of halogens is 2. The van der Waals surface area contributed by atoms with Gasteiger partial charge in [-0.15, -0.1) is 0 Å². The van der Waals surface area contributed by atoms with Crippen molar-refractivity contribution in [3.05, 3.63) is 105 Å². The zero-order valence-electron chi connectivity index (χ0n) is 14.8. The number of benzene rings is 3. The molecule has 138 valence electrons. The first-order chi connectivity index (χ1) is 13.5. The Bertz CT molecular complexity index is 1070. The molecule has 0 spiro atoms. The fourth-order valence-corrected chi connectivity index (χ4v) is 3.13. The van der Waals surface area contributed by atoms with E-state index in [0.717, 1.165) is 21.2 Å². The lowest BCUT2D eigenvalue weighted by Gasteiger charge is -2.09. The third-order valence-electron chi connectivity index (χ3n) is 4.09. The summed E-state index contributed by atoms with van der Waals surface area (Å²) in [4.78, 5) is 12.5. The van der Waals surface area contributed by atoms with E-state index in [1.807, 2.05) is 36.4 Å². The third kappa shape index (κ3) is 5.15. The number of rotatable bonds is 5. The van der Waals surface area contributed by atoms with Gasteiger partial charge in [0, 0.05) is 10.2 Å². The van der Waals surface area contributed by atoms with Gasteiger partial charge in [0.15, 0.2) is 0 Å². The van der Waals surface area contributed by atoms with E-state index >= 15 is 0 Å². The number of hydrogen-bond acceptors (Lipinski definition) is 2. The Kier molecular flexibility index (Phi) is 6.36. The number of anilines is 1. The molecule has 0 saturated heterocycles. The number of carbonyl (C=O) groups excluding carboxylic acids is 1. The van der Waals surface area contributed by atoms with Crippen molar-refractivity contribution in [3.8, 4) is 6.07 Å². The molecule has 0 aliphatic carbocycles. The Morgan fingerprint density at radius 3 is 2.57 bits per heavy atom. The molecule has 3 rings (SSSR count). The number of nitrogens with zero attached hydrogens (tertiary/aromatic N) is 1. The molecule has 0 radical (unpaired) electrons. The molecule has 0 fully saturated rings. The molecule has 0 aliphatic heterocycles. The van der Waals surface area contributed by atoms with E-state index in [9.17, 15) is 14.4 Å². The molecule has 0 heterocycles. The number of nitrogens with one attached hydrogen (secondary N) is 1. The van der Waals surface area contributed by atoms with Crippen molar-refractivity contribution in [3.63, 3.8) is 0 Å². The van der Waals surface area contributed by atoms with Crippen molar-refractivity contribution < 1.29 is 9.18 Å². The Morgan fingerprint density at radius 2 is 1.86 bits per heavy atom. The lowest BCUT2D eigenvalue weighted by molar-refractivity contribution is -0.112. The highest BCUT2D eigenvalue weighted by atomic mass is 79.9. The van der Waals surface area contributed by atoms with Crippen molar-refractivity contribution in [1.82, 2.24) is 0 Å². The molecule has 1 N–H and O–H groups in total. The summed E-state index contributed by atoms with van der Waals surface area (Å²) in [6.07, 6.45) is 2.04. The predicted molar refractivity (Wildman–Crippen MR) is 112 cm³/mol. The molecule has 0 aliphatic rings. The fraction of sp³-hybridized carbons (Fsp3) is 0.0435. The molecule has 0 saturated carbocycles. The molecule has 0 unspecified atom stereocenters. The summed E-state index contributed by atoms with van der Waals surface area (Å²) >= 11 is 3.42. The number of amides is 1. The first kappa shape index (κ1) is 19.5. The van der Waals surface area contributed by atoms with Crippen LogP contribution in [0.2, 0.25) is 0 Å². The van der Waals surface area contributed by atoms with E-state index < -0.39 is 5.91 Å². The Balaban J connectivity index is 1.91. The van der Waals surface area contributed by atoms with Gasteiger partial charge in [-0.05, 0) is 65.6 Å². The van der Waals surface area contributed by atoms with Crippen LogP contribution in [0.3, 0.4) is 0 Å². The van der Waals surface area contributed by atoms with Gasteiger partial charge in [0.2, 0.25) is 0 Å². The van der Waals surface area contributed by atoms with E-state index in [1.54, 1.807) is 36.4 Å². The number of carbonyl (C=O) groups is 1. The maximum Gasteiger partial charge on any atom is 0.266 e. The van der Waals surface area contributed by atoms with Crippen LogP contribution >= 0.6 is 15.9 Å². The quantitative estimate of drug-likeness (QED) is 0.412. The molecular weight excluding hydrogens is 419 g/mol. The monoisotopic (exact) mass is 434 g/mol. The van der Waals surface area contributed by atoms with Gasteiger partial charge >= 0.3 is 0 Å². The molecule has 0 bridgehead atoms. The van der Waals surface area contributed by atoms with Gasteiger partial charge in [-0.3, -0.25) is 4.79 Å². The lowest BCUT2D eigenvalue weighted by atomic mass is 9.98. The topological polar surface area (TPSA) is 52.9 Å². The summed E-state index contributed by atoms with van der Waals surface area (Å²) in [6.45, 7) is 0. The van der Waals surface area contributed by atoms with Gasteiger partial charge in [-0.2, -0.15) is 5.26 Å². The normalized spacial score (nSPS) is 11.0. The Morgan fingerprint density at radius 1 is 1.07 bits per heavy atom. The molecule has 0 aromatic heterocycles. The average Bonchev–Trinajstić information content (AvgIpc) is 2.68. The van der Waals surface area contributed by atoms with Gasteiger partial charge in [0.05, 0.1) is 0 Å². The number of hydrogen-bond donors (Lipinski definition) is 1. The van der Waals surface area contributed by atoms with Crippen LogP contribution in [0, 0.1) is 17.1 Å². The summed E-state index contributed by atoms with van der Waals surface area (Å²) in [5.74, 6) is -0.781. The van der Waals surface area contributed by atoms with Gasteiger partial charge in [0.25, 0.3) is 5.91 Å². The summed E-state index contributed by atoms with van der Waals surface area (Å²) in [5.41, 5.74) is 3.02. The number of nitriles is 1. The van der Waals surface area contributed by atoms with Gasteiger partial charge in [-0.1, -0.05) is 52.3 Å². The van der Waals surface area contributed by atoms with E-state index in [2.05, 4.69) is 21.2 Å².